The zero-order valence-corrected chi connectivity index (χ0v) is 9.13. The maximum absolute atomic E-state index is 9.36. The Balaban J connectivity index is 2.43. The highest BCUT2D eigenvalue weighted by Gasteiger charge is 2.01. The summed E-state index contributed by atoms with van der Waals surface area (Å²) in [5, 5.41) is 18.2. The van der Waals surface area contributed by atoms with E-state index in [2.05, 4.69) is 0 Å². The van der Waals surface area contributed by atoms with Crippen LogP contribution in [0.25, 0.3) is 0 Å². The predicted molar refractivity (Wildman–Crippen MR) is 59.4 cm³/mol. The summed E-state index contributed by atoms with van der Waals surface area (Å²) < 4.78 is 0. The first-order chi connectivity index (χ1) is 6.76. The van der Waals surface area contributed by atoms with Crippen LogP contribution >= 0.6 is 11.8 Å². The molecule has 0 saturated carbocycles. The predicted octanol–water partition coefficient (Wildman–Crippen LogP) is 2.04. The van der Waals surface area contributed by atoms with Crippen LogP contribution in [-0.2, 0) is 6.61 Å². The van der Waals surface area contributed by atoms with Crippen molar-refractivity contribution in [2.45, 2.75) is 31.0 Å². The molecule has 1 atom stereocenters. The topological polar surface area (TPSA) is 40.5 Å². The largest absolute Gasteiger partial charge is 0.392 e. The van der Waals surface area contributed by atoms with E-state index >= 15 is 0 Å². The van der Waals surface area contributed by atoms with Gasteiger partial charge in [-0.15, -0.1) is 11.8 Å². The monoisotopic (exact) mass is 212 g/mol. The Kier molecular flexibility index (Phi) is 5.01. The SMILES string of the molecule is CCC(O)CSc1ccc(CO)cc1. The van der Waals surface area contributed by atoms with Gasteiger partial charge >= 0.3 is 0 Å². The smallest absolute Gasteiger partial charge is 0.0681 e. The highest BCUT2D eigenvalue weighted by Crippen LogP contribution is 2.19. The Bertz CT molecular complexity index is 258. The molecule has 0 spiro atoms. The summed E-state index contributed by atoms with van der Waals surface area (Å²) in [7, 11) is 0. The lowest BCUT2D eigenvalue weighted by atomic mass is 10.2. The van der Waals surface area contributed by atoms with Crippen molar-refractivity contribution in [1.29, 1.82) is 0 Å². The van der Waals surface area contributed by atoms with Crippen molar-refractivity contribution >= 4 is 11.8 Å². The number of thioether (sulfide) groups is 1. The minimum absolute atomic E-state index is 0.0858. The molecule has 14 heavy (non-hydrogen) atoms. The fourth-order valence-electron chi connectivity index (χ4n) is 1.00. The Morgan fingerprint density at radius 3 is 2.43 bits per heavy atom. The van der Waals surface area contributed by atoms with Crippen LogP contribution in [0.2, 0.25) is 0 Å². The summed E-state index contributed by atoms with van der Waals surface area (Å²) in [4.78, 5) is 1.13. The Morgan fingerprint density at radius 2 is 1.93 bits per heavy atom. The van der Waals surface area contributed by atoms with E-state index in [0.29, 0.717) is 0 Å². The number of hydrogen-bond acceptors (Lipinski definition) is 3. The van der Waals surface area contributed by atoms with Gasteiger partial charge in [0.2, 0.25) is 0 Å². The first kappa shape index (κ1) is 11.6. The van der Waals surface area contributed by atoms with E-state index in [9.17, 15) is 5.11 Å². The van der Waals surface area contributed by atoms with Crippen molar-refractivity contribution < 1.29 is 10.2 Å². The summed E-state index contributed by atoms with van der Waals surface area (Å²) in [5.74, 6) is 0.731. The van der Waals surface area contributed by atoms with E-state index in [1.807, 2.05) is 31.2 Å². The molecule has 0 bridgehead atoms. The molecule has 1 aromatic carbocycles. The second-order valence-corrected chi connectivity index (χ2v) is 4.27. The van der Waals surface area contributed by atoms with E-state index in [1.54, 1.807) is 11.8 Å². The molecule has 0 aromatic heterocycles. The molecule has 0 aliphatic heterocycles. The molecule has 1 aromatic rings. The van der Waals surface area contributed by atoms with Gasteiger partial charge in [-0.2, -0.15) is 0 Å². The number of benzene rings is 1. The normalized spacial score (nSPS) is 12.8. The van der Waals surface area contributed by atoms with Crippen molar-refractivity contribution in [1.82, 2.24) is 0 Å². The van der Waals surface area contributed by atoms with Crippen molar-refractivity contribution in [3.8, 4) is 0 Å². The Labute approximate surface area is 89.0 Å². The summed E-state index contributed by atoms with van der Waals surface area (Å²) in [5.41, 5.74) is 0.922. The van der Waals surface area contributed by atoms with Gasteiger partial charge in [0.1, 0.15) is 0 Å². The highest BCUT2D eigenvalue weighted by atomic mass is 32.2. The van der Waals surface area contributed by atoms with E-state index in [4.69, 9.17) is 5.11 Å². The van der Waals surface area contributed by atoms with Crippen molar-refractivity contribution in [2.75, 3.05) is 5.75 Å². The molecule has 0 saturated heterocycles. The molecular formula is C11H16O2S. The van der Waals surface area contributed by atoms with Gasteiger partial charge in [0, 0.05) is 10.6 Å². The van der Waals surface area contributed by atoms with Gasteiger partial charge in [-0.1, -0.05) is 19.1 Å². The van der Waals surface area contributed by atoms with Gasteiger partial charge in [-0.25, -0.2) is 0 Å². The number of hydrogen-bond donors (Lipinski definition) is 2. The van der Waals surface area contributed by atoms with Crippen LogP contribution in [0, 0.1) is 0 Å². The molecule has 2 N–H and O–H groups in total. The molecule has 0 amide bonds. The summed E-state index contributed by atoms with van der Waals surface area (Å²) >= 11 is 1.64. The first-order valence-corrected chi connectivity index (χ1v) is 5.75. The highest BCUT2D eigenvalue weighted by molar-refractivity contribution is 7.99. The molecule has 0 heterocycles. The first-order valence-electron chi connectivity index (χ1n) is 4.77. The van der Waals surface area contributed by atoms with E-state index in [0.717, 1.165) is 22.6 Å². The van der Waals surface area contributed by atoms with Crippen LogP contribution in [0.15, 0.2) is 29.2 Å². The van der Waals surface area contributed by atoms with E-state index < -0.39 is 0 Å². The molecule has 0 aliphatic carbocycles. The van der Waals surface area contributed by atoms with Gasteiger partial charge in [-0.3, -0.25) is 0 Å². The molecular weight excluding hydrogens is 196 g/mol. The molecule has 0 aliphatic rings. The fraction of sp³-hybridized carbons (Fsp3) is 0.455. The second kappa shape index (κ2) is 6.06. The minimum atomic E-state index is -0.225. The van der Waals surface area contributed by atoms with Crippen LogP contribution in [0.3, 0.4) is 0 Å². The van der Waals surface area contributed by atoms with Crippen molar-refractivity contribution in [3.05, 3.63) is 29.8 Å². The summed E-state index contributed by atoms with van der Waals surface area (Å²) in [6.45, 7) is 2.06. The molecule has 78 valence electrons. The van der Waals surface area contributed by atoms with Gasteiger partial charge in [0.25, 0.3) is 0 Å². The summed E-state index contributed by atoms with van der Waals surface area (Å²) in [6.07, 6.45) is 0.569. The quantitative estimate of drug-likeness (QED) is 0.734. The second-order valence-electron chi connectivity index (χ2n) is 3.18. The van der Waals surface area contributed by atoms with Gasteiger partial charge in [0.15, 0.2) is 0 Å². The van der Waals surface area contributed by atoms with Crippen LogP contribution in [0.4, 0.5) is 0 Å². The lowest BCUT2D eigenvalue weighted by Gasteiger charge is -2.07. The van der Waals surface area contributed by atoms with Crippen LogP contribution in [0.5, 0.6) is 0 Å². The summed E-state index contributed by atoms with van der Waals surface area (Å²) in [6, 6.07) is 7.75. The molecule has 1 unspecified atom stereocenters. The third-order valence-corrected chi connectivity index (χ3v) is 3.18. The Morgan fingerprint density at radius 1 is 1.29 bits per heavy atom. The van der Waals surface area contributed by atoms with Crippen LogP contribution < -0.4 is 0 Å². The zero-order chi connectivity index (χ0) is 10.4. The number of aliphatic hydroxyl groups is 2. The number of rotatable bonds is 5. The Hall–Kier alpha value is -0.510. The van der Waals surface area contributed by atoms with Crippen molar-refractivity contribution in [3.63, 3.8) is 0 Å². The van der Waals surface area contributed by atoms with Crippen LogP contribution in [-0.4, -0.2) is 22.1 Å². The standard InChI is InChI=1S/C11H16O2S/c1-2-10(13)8-14-11-5-3-9(7-12)4-6-11/h3-6,10,12-13H,2,7-8H2,1H3. The lowest BCUT2D eigenvalue weighted by molar-refractivity contribution is 0.195. The third kappa shape index (κ3) is 3.70. The molecule has 1 rings (SSSR count). The van der Waals surface area contributed by atoms with Crippen molar-refractivity contribution in [2.24, 2.45) is 0 Å². The number of aliphatic hydroxyl groups excluding tert-OH is 2. The third-order valence-electron chi connectivity index (χ3n) is 2.02. The maximum Gasteiger partial charge on any atom is 0.0681 e. The average Bonchev–Trinajstić information content (AvgIpc) is 2.26. The molecule has 0 fully saturated rings. The van der Waals surface area contributed by atoms with Gasteiger partial charge in [0.05, 0.1) is 12.7 Å². The lowest BCUT2D eigenvalue weighted by Crippen LogP contribution is -2.06. The van der Waals surface area contributed by atoms with Crippen LogP contribution in [0.1, 0.15) is 18.9 Å². The maximum atomic E-state index is 9.36. The minimum Gasteiger partial charge on any atom is -0.392 e. The fourth-order valence-corrected chi connectivity index (χ4v) is 1.95. The zero-order valence-electron chi connectivity index (χ0n) is 8.31. The van der Waals surface area contributed by atoms with Gasteiger partial charge < -0.3 is 10.2 Å². The molecule has 2 nitrogen and oxygen atoms in total. The average molecular weight is 212 g/mol. The van der Waals surface area contributed by atoms with E-state index in [-0.39, 0.29) is 12.7 Å². The molecule has 0 radical (unpaired) electrons. The van der Waals surface area contributed by atoms with Gasteiger partial charge in [-0.05, 0) is 24.1 Å². The molecule has 3 heteroatoms. The van der Waals surface area contributed by atoms with E-state index in [1.165, 1.54) is 0 Å².